The lowest BCUT2D eigenvalue weighted by atomic mass is 10.0. The SMILES string of the molecule is COc1ccccc1SCC1CC(c2ccc(CO)cc2)OC(c2ccc(CNC(=O)c3cccnc3)cc2)O1. The lowest BCUT2D eigenvalue weighted by molar-refractivity contribution is -0.245. The van der Waals surface area contributed by atoms with E-state index in [-0.39, 0.29) is 24.7 Å². The van der Waals surface area contributed by atoms with E-state index < -0.39 is 6.29 Å². The highest BCUT2D eigenvalue weighted by Gasteiger charge is 2.32. The van der Waals surface area contributed by atoms with Gasteiger partial charge in [-0.3, -0.25) is 9.78 Å². The van der Waals surface area contributed by atoms with E-state index in [1.165, 1.54) is 0 Å². The molecule has 4 aromatic rings. The highest BCUT2D eigenvalue weighted by Crippen LogP contribution is 2.40. The first-order valence-electron chi connectivity index (χ1n) is 13.2. The molecule has 5 rings (SSSR count). The monoisotopic (exact) mass is 556 g/mol. The first-order valence-corrected chi connectivity index (χ1v) is 14.1. The van der Waals surface area contributed by atoms with Gasteiger partial charge < -0.3 is 24.6 Å². The van der Waals surface area contributed by atoms with Crippen LogP contribution in [-0.4, -0.2) is 35.0 Å². The van der Waals surface area contributed by atoms with Crippen molar-refractivity contribution < 1.29 is 24.1 Å². The molecular weight excluding hydrogens is 524 g/mol. The Kier molecular flexibility index (Phi) is 9.46. The number of carbonyl (C=O) groups excluding carboxylic acids is 1. The van der Waals surface area contributed by atoms with Crippen LogP contribution in [0.25, 0.3) is 0 Å². The van der Waals surface area contributed by atoms with Crippen LogP contribution < -0.4 is 10.1 Å². The van der Waals surface area contributed by atoms with Crippen LogP contribution in [0, 0.1) is 0 Å². The van der Waals surface area contributed by atoms with E-state index in [1.54, 1.807) is 43.4 Å². The van der Waals surface area contributed by atoms with Crippen LogP contribution >= 0.6 is 11.8 Å². The molecule has 1 amide bonds. The number of nitrogens with zero attached hydrogens (tertiary/aromatic N) is 1. The number of ether oxygens (including phenoxy) is 3. The number of benzene rings is 3. The molecule has 1 aliphatic heterocycles. The van der Waals surface area contributed by atoms with Gasteiger partial charge in [0.05, 0.1) is 31.5 Å². The minimum absolute atomic E-state index is 0.00472. The quantitative estimate of drug-likeness (QED) is 0.237. The minimum atomic E-state index is -0.543. The maximum Gasteiger partial charge on any atom is 0.253 e. The molecule has 1 aromatic heterocycles. The van der Waals surface area contributed by atoms with Crippen LogP contribution in [0.4, 0.5) is 0 Å². The third-order valence-electron chi connectivity index (χ3n) is 6.74. The summed E-state index contributed by atoms with van der Waals surface area (Å²) in [5.74, 6) is 1.42. The molecule has 0 bridgehead atoms. The minimum Gasteiger partial charge on any atom is -0.496 e. The molecule has 1 fully saturated rings. The molecule has 3 aromatic carbocycles. The molecule has 8 heteroatoms. The second-order valence-corrected chi connectivity index (χ2v) is 10.5. The van der Waals surface area contributed by atoms with Gasteiger partial charge in [0.25, 0.3) is 5.91 Å². The molecule has 3 atom stereocenters. The summed E-state index contributed by atoms with van der Waals surface area (Å²) in [7, 11) is 1.68. The zero-order valence-electron chi connectivity index (χ0n) is 22.2. The fourth-order valence-electron chi connectivity index (χ4n) is 4.52. The van der Waals surface area contributed by atoms with Crippen LogP contribution in [0.1, 0.15) is 51.4 Å². The predicted molar refractivity (Wildman–Crippen MR) is 154 cm³/mol. The Morgan fingerprint density at radius 3 is 2.45 bits per heavy atom. The summed E-state index contributed by atoms with van der Waals surface area (Å²) < 4.78 is 18.4. The smallest absolute Gasteiger partial charge is 0.253 e. The summed E-state index contributed by atoms with van der Waals surface area (Å²) >= 11 is 1.71. The van der Waals surface area contributed by atoms with Gasteiger partial charge in [-0.1, -0.05) is 60.7 Å². The van der Waals surface area contributed by atoms with Gasteiger partial charge in [-0.05, 0) is 41.0 Å². The van der Waals surface area contributed by atoms with Gasteiger partial charge in [-0.25, -0.2) is 0 Å². The lowest BCUT2D eigenvalue weighted by Gasteiger charge is -2.36. The Balaban J connectivity index is 1.28. The number of carbonyl (C=O) groups is 1. The van der Waals surface area contributed by atoms with E-state index >= 15 is 0 Å². The van der Waals surface area contributed by atoms with Gasteiger partial charge in [0.2, 0.25) is 0 Å². The number of para-hydroxylation sites is 1. The highest BCUT2D eigenvalue weighted by atomic mass is 32.2. The van der Waals surface area contributed by atoms with Crippen molar-refractivity contribution in [1.82, 2.24) is 10.3 Å². The third kappa shape index (κ3) is 7.08. The summed E-state index contributed by atoms with van der Waals surface area (Å²) in [4.78, 5) is 17.4. The first-order chi connectivity index (χ1) is 19.6. The molecule has 7 nitrogen and oxygen atoms in total. The largest absolute Gasteiger partial charge is 0.496 e. The zero-order chi connectivity index (χ0) is 27.7. The number of amides is 1. The summed E-state index contributed by atoms with van der Waals surface area (Å²) in [5, 5.41) is 12.4. The molecule has 3 unspecified atom stereocenters. The standard InChI is InChI=1S/C32H32N2O5S/c1-37-28-6-2-3-7-30(28)40-21-27-17-29(24-12-10-23(20-35)11-13-24)39-32(38-27)25-14-8-22(9-15-25)18-34-31(36)26-5-4-16-33-19-26/h2-16,19,27,29,32,35H,17-18,20-21H2,1H3,(H,34,36). The van der Waals surface area contributed by atoms with E-state index in [4.69, 9.17) is 14.2 Å². The Morgan fingerprint density at radius 2 is 1.73 bits per heavy atom. The fraction of sp³-hybridized carbons (Fsp3) is 0.250. The van der Waals surface area contributed by atoms with Crippen molar-refractivity contribution in [2.75, 3.05) is 12.9 Å². The summed E-state index contributed by atoms with van der Waals surface area (Å²) in [6.45, 7) is 0.406. The van der Waals surface area contributed by atoms with E-state index in [9.17, 15) is 9.90 Å². The van der Waals surface area contributed by atoms with Crippen molar-refractivity contribution in [1.29, 1.82) is 0 Å². The normalized spacial score (nSPS) is 18.7. The number of hydrogen-bond acceptors (Lipinski definition) is 7. The number of aromatic nitrogens is 1. The van der Waals surface area contributed by atoms with Gasteiger partial charge in [-0.15, -0.1) is 11.8 Å². The van der Waals surface area contributed by atoms with Crippen LogP contribution in [-0.2, 0) is 22.6 Å². The summed E-state index contributed by atoms with van der Waals surface area (Å²) in [6.07, 6.45) is 3.13. The zero-order valence-corrected chi connectivity index (χ0v) is 23.1. The second kappa shape index (κ2) is 13.6. The predicted octanol–water partition coefficient (Wildman–Crippen LogP) is 5.85. The van der Waals surface area contributed by atoms with Crippen molar-refractivity contribution in [3.05, 3.63) is 125 Å². The van der Waals surface area contributed by atoms with Crippen molar-refractivity contribution in [3.8, 4) is 5.75 Å². The Hall–Kier alpha value is -3.69. The van der Waals surface area contributed by atoms with Crippen LogP contribution in [0.2, 0.25) is 0 Å². The molecule has 206 valence electrons. The van der Waals surface area contributed by atoms with Gasteiger partial charge in [-0.2, -0.15) is 0 Å². The Bertz CT molecular complexity index is 1380. The number of pyridine rings is 1. The number of hydrogen-bond donors (Lipinski definition) is 2. The van der Waals surface area contributed by atoms with Crippen molar-refractivity contribution >= 4 is 17.7 Å². The van der Waals surface area contributed by atoms with Crippen molar-refractivity contribution in [3.63, 3.8) is 0 Å². The highest BCUT2D eigenvalue weighted by molar-refractivity contribution is 7.99. The molecule has 2 heterocycles. The maximum atomic E-state index is 12.4. The third-order valence-corrected chi connectivity index (χ3v) is 7.92. The molecule has 0 spiro atoms. The maximum absolute atomic E-state index is 12.4. The molecule has 0 saturated carbocycles. The topological polar surface area (TPSA) is 89.9 Å². The molecular formula is C32H32N2O5S. The number of rotatable bonds is 10. The molecule has 40 heavy (non-hydrogen) atoms. The van der Waals surface area contributed by atoms with Crippen molar-refractivity contribution in [2.45, 2.75) is 43.0 Å². The molecule has 0 radical (unpaired) electrons. The summed E-state index contributed by atoms with van der Waals surface area (Å²) in [5.41, 5.74) is 4.31. The van der Waals surface area contributed by atoms with E-state index in [2.05, 4.69) is 16.4 Å². The second-order valence-electron chi connectivity index (χ2n) is 9.48. The number of nitrogens with one attached hydrogen (secondary N) is 1. The fourth-order valence-corrected chi connectivity index (χ4v) is 5.57. The molecule has 0 aliphatic carbocycles. The molecule has 1 aliphatic rings. The van der Waals surface area contributed by atoms with E-state index in [1.807, 2.05) is 66.7 Å². The average Bonchev–Trinajstić information content (AvgIpc) is 3.03. The van der Waals surface area contributed by atoms with Gasteiger partial charge >= 0.3 is 0 Å². The first kappa shape index (κ1) is 27.9. The Labute approximate surface area is 238 Å². The summed E-state index contributed by atoms with van der Waals surface area (Å²) in [6, 6.07) is 27.3. The average molecular weight is 557 g/mol. The van der Waals surface area contributed by atoms with Crippen LogP contribution in [0.15, 0.2) is 102 Å². The Morgan fingerprint density at radius 1 is 0.975 bits per heavy atom. The van der Waals surface area contributed by atoms with Gasteiger partial charge in [0.15, 0.2) is 6.29 Å². The van der Waals surface area contributed by atoms with Gasteiger partial charge in [0, 0.05) is 41.6 Å². The number of methoxy groups -OCH3 is 1. The van der Waals surface area contributed by atoms with Gasteiger partial charge in [0.1, 0.15) is 5.75 Å². The van der Waals surface area contributed by atoms with E-state index in [0.29, 0.717) is 18.5 Å². The van der Waals surface area contributed by atoms with Crippen LogP contribution in [0.3, 0.4) is 0 Å². The van der Waals surface area contributed by atoms with Crippen LogP contribution in [0.5, 0.6) is 5.75 Å². The molecule has 1 saturated heterocycles. The number of aliphatic hydroxyl groups is 1. The van der Waals surface area contributed by atoms with E-state index in [0.717, 1.165) is 38.7 Å². The number of thioether (sulfide) groups is 1. The lowest BCUT2D eigenvalue weighted by Crippen LogP contribution is -2.31. The van der Waals surface area contributed by atoms with Crippen molar-refractivity contribution in [2.24, 2.45) is 0 Å². The number of aliphatic hydroxyl groups excluding tert-OH is 1. The molecule has 2 N–H and O–H groups in total.